The van der Waals surface area contributed by atoms with E-state index >= 15 is 0 Å². The summed E-state index contributed by atoms with van der Waals surface area (Å²) in [5.41, 5.74) is 3.81. The van der Waals surface area contributed by atoms with Gasteiger partial charge in [-0.2, -0.15) is 0 Å². The standard InChI is InChI=1S/C14H17ClN2O/c1-9-14(12-8-18-6-5-16-12)11-7-10(15)3-4-13(11)17(9)2/h3-4,7,12,16H,5-6,8H2,1-2H3. The molecule has 1 aromatic carbocycles. The van der Waals surface area contributed by atoms with E-state index in [1.54, 1.807) is 0 Å². The molecule has 1 atom stereocenters. The van der Waals surface area contributed by atoms with Crippen molar-refractivity contribution in [2.24, 2.45) is 7.05 Å². The number of halogens is 1. The third-order valence-electron chi connectivity index (χ3n) is 3.77. The highest BCUT2D eigenvalue weighted by Crippen LogP contribution is 2.32. The zero-order chi connectivity index (χ0) is 12.7. The average Bonchev–Trinajstić information content (AvgIpc) is 2.63. The smallest absolute Gasteiger partial charge is 0.0663 e. The van der Waals surface area contributed by atoms with Crippen molar-refractivity contribution in [3.63, 3.8) is 0 Å². The zero-order valence-corrected chi connectivity index (χ0v) is 11.4. The predicted molar refractivity (Wildman–Crippen MR) is 74.2 cm³/mol. The predicted octanol–water partition coefficient (Wildman–Crippen LogP) is 2.80. The summed E-state index contributed by atoms with van der Waals surface area (Å²) in [7, 11) is 2.10. The van der Waals surface area contributed by atoms with Gasteiger partial charge >= 0.3 is 0 Å². The molecular weight excluding hydrogens is 248 g/mol. The van der Waals surface area contributed by atoms with Crippen LogP contribution < -0.4 is 5.32 Å². The monoisotopic (exact) mass is 264 g/mol. The number of nitrogens with one attached hydrogen (secondary N) is 1. The third-order valence-corrected chi connectivity index (χ3v) is 4.01. The van der Waals surface area contributed by atoms with Crippen molar-refractivity contribution in [1.29, 1.82) is 0 Å². The molecule has 1 unspecified atom stereocenters. The summed E-state index contributed by atoms with van der Waals surface area (Å²) in [6.45, 7) is 4.58. The minimum absolute atomic E-state index is 0.265. The molecule has 0 aliphatic carbocycles. The number of hydrogen-bond donors (Lipinski definition) is 1. The summed E-state index contributed by atoms with van der Waals surface area (Å²) in [4.78, 5) is 0. The number of morpholine rings is 1. The van der Waals surface area contributed by atoms with Crippen LogP contribution in [0.2, 0.25) is 5.02 Å². The second kappa shape index (κ2) is 4.57. The summed E-state index contributed by atoms with van der Waals surface area (Å²) in [6.07, 6.45) is 0. The Hall–Kier alpha value is -1.03. The summed E-state index contributed by atoms with van der Waals surface area (Å²) >= 11 is 6.13. The molecule has 0 radical (unpaired) electrons. The van der Waals surface area contributed by atoms with Gasteiger partial charge in [0.15, 0.2) is 0 Å². The van der Waals surface area contributed by atoms with Crippen LogP contribution in [0.25, 0.3) is 10.9 Å². The minimum atomic E-state index is 0.265. The first-order valence-electron chi connectivity index (χ1n) is 6.24. The lowest BCUT2D eigenvalue weighted by Gasteiger charge is -2.24. The molecule has 18 heavy (non-hydrogen) atoms. The Morgan fingerprint density at radius 3 is 3.00 bits per heavy atom. The number of ether oxygens (including phenoxy) is 1. The van der Waals surface area contributed by atoms with E-state index in [9.17, 15) is 0 Å². The van der Waals surface area contributed by atoms with E-state index in [1.165, 1.54) is 22.2 Å². The second-order valence-corrected chi connectivity index (χ2v) is 5.24. The van der Waals surface area contributed by atoms with Crippen molar-refractivity contribution in [3.05, 3.63) is 34.5 Å². The first-order valence-corrected chi connectivity index (χ1v) is 6.62. The highest BCUT2D eigenvalue weighted by molar-refractivity contribution is 6.31. The van der Waals surface area contributed by atoms with Gasteiger partial charge in [0.1, 0.15) is 0 Å². The number of benzene rings is 1. The molecule has 0 saturated carbocycles. The van der Waals surface area contributed by atoms with Gasteiger partial charge in [-0.05, 0) is 30.7 Å². The van der Waals surface area contributed by atoms with Crippen molar-refractivity contribution in [3.8, 4) is 0 Å². The molecule has 2 heterocycles. The Morgan fingerprint density at radius 1 is 1.44 bits per heavy atom. The van der Waals surface area contributed by atoms with Crippen LogP contribution in [-0.2, 0) is 11.8 Å². The summed E-state index contributed by atoms with van der Waals surface area (Å²) < 4.78 is 7.79. The molecule has 3 nitrogen and oxygen atoms in total. The maximum atomic E-state index is 6.13. The van der Waals surface area contributed by atoms with Gasteiger partial charge in [-0.1, -0.05) is 11.6 Å². The van der Waals surface area contributed by atoms with Gasteiger partial charge in [0, 0.05) is 35.2 Å². The Bertz CT molecular complexity index is 585. The molecule has 96 valence electrons. The molecule has 2 aromatic rings. The van der Waals surface area contributed by atoms with Crippen LogP contribution in [-0.4, -0.2) is 24.3 Å². The van der Waals surface area contributed by atoms with E-state index in [0.29, 0.717) is 0 Å². The highest BCUT2D eigenvalue weighted by Gasteiger charge is 2.22. The second-order valence-electron chi connectivity index (χ2n) is 4.80. The van der Waals surface area contributed by atoms with E-state index in [0.717, 1.165) is 24.8 Å². The first kappa shape index (κ1) is 12.0. The van der Waals surface area contributed by atoms with Crippen molar-refractivity contribution in [2.45, 2.75) is 13.0 Å². The largest absolute Gasteiger partial charge is 0.378 e. The normalized spacial score (nSPS) is 20.5. The molecule has 0 spiro atoms. The van der Waals surface area contributed by atoms with E-state index < -0.39 is 0 Å². The number of aryl methyl sites for hydroxylation is 1. The van der Waals surface area contributed by atoms with E-state index in [1.807, 2.05) is 6.07 Å². The van der Waals surface area contributed by atoms with Crippen molar-refractivity contribution in [1.82, 2.24) is 9.88 Å². The lowest BCUT2D eigenvalue weighted by atomic mass is 10.0. The van der Waals surface area contributed by atoms with Crippen LogP contribution >= 0.6 is 11.6 Å². The lowest BCUT2D eigenvalue weighted by Crippen LogP contribution is -2.34. The van der Waals surface area contributed by atoms with E-state index in [4.69, 9.17) is 16.3 Å². The van der Waals surface area contributed by atoms with Crippen molar-refractivity contribution >= 4 is 22.5 Å². The van der Waals surface area contributed by atoms with Gasteiger partial charge in [-0.3, -0.25) is 0 Å². The molecule has 0 amide bonds. The minimum Gasteiger partial charge on any atom is -0.378 e. The summed E-state index contributed by atoms with van der Waals surface area (Å²) in [6, 6.07) is 6.34. The number of rotatable bonds is 1. The molecule has 1 fully saturated rings. The number of nitrogens with zero attached hydrogens (tertiary/aromatic N) is 1. The molecule has 0 bridgehead atoms. The fourth-order valence-corrected chi connectivity index (χ4v) is 2.94. The molecule has 1 aliphatic rings. The molecule has 1 aliphatic heterocycles. The van der Waals surface area contributed by atoms with E-state index in [2.05, 4.69) is 36.0 Å². The van der Waals surface area contributed by atoms with Crippen LogP contribution in [0.4, 0.5) is 0 Å². The van der Waals surface area contributed by atoms with Gasteiger partial charge in [0.05, 0.1) is 19.3 Å². The SMILES string of the molecule is Cc1c(C2COCCN2)c2cc(Cl)ccc2n1C. The third kappa shape index (κ3) is 1.83. The number of aromatic nitrogens is 1. The molecule has 1 saturated heterocycles. The van der Waals surface area contributed by atoms with Crippen LogP contribution in [0.5, 0.6) is 0 Å². The van der Waals surface area contributed by atoms with Crippen LogP contribution in [0, 0.1) is 6.92 Å². The molecule has 1 N–H and O–H groups in total. The van der Waals surface area contributed by atoms with Gasteiger partial charge < -0.3 is 14.6 Å². The summed E-state index contributed by atoms with van der Waals surface area (Å²) in [5, 5.41) is 5.53. The van der Waals surface area contributed by atoms with Gasteiger partial charge in [-0.15, -0.1) is 0 Å². The molecule has 3 rings (SSSR count). The maximum Gasteiger partial charge on any atom is 0.0663 e. The number of hydrogen-bond acceptors (Lipinski definition) is 2. The molecular formula is C14H17ClN2O. The first-order chi connectivity index (χ1) is 8.68. The Kier molecular flexibility index (Phi) is 3.06. The Morgan fingerprint density at radius 2 is 2.28 bits per heavy atom. The van der Waals surface area contributed by atoms with Gasteiger partial charge in [-0.25, -0.2) is 0 Å². The van der Waals surface area contributed by atoms with Crippen LogP contribution in [0.1, 0.15) is 17.3 Å². The van der Waals surface area contributed by atoms with Crippen molar-refractivity contribution < 1.29 is 4.74 Å². The Labute approximate surface area is 112 Å². The van der Waals surface area contributed by atoms with Crippen LogP contribution in [0.15, 0.2) is 18.2 Å². The van der Waals surface area contributed by atoms with Crippen LogP contribution in [0.3, 0.4) is 0 Å². The average molecular weight is 265 g/mol. The molecule has 4 heteroatoms. The molecule has 1 aromatic heterocycles. The lowest BCUT2D eigenvalue weighted by molar-refractivity contribution is 0.0770. The Balaban J connectivity index is 2.20. The quantitative estimate of drug-likeness (QED) is 0.857. The topological polar surface area (TPSA) is 26.2 Å². The summed E-state index contributed by atoms with van der Waals surface area (Å²) in [5.74, 6) is 0. The fraction of sp³-hybridized carbons (Fsp3) is 0.429. The van der Waals surface area contributed by atoms with Gasteiger partial charge in [0.25, 0.3) is 0 Å². The van der Waals surface area contributed by atoms with Crippen molar-refractivity contribution in [2.75, 3.05) is 19.8 Å². The fourth-order valence-electron chi connectivity index (χ4n) is 2.76. The highest BCUT2D eigenvalue weighted by atomic mass is 35.5. The van der Waals surface area contributed by atoms with E-state index in [-0.39, 0.29) is 6.04 Å². The maximum absolute atomic E-state index is 6.13. The number of fused-ring (bicyclic) bond motifs is 1. The van der Waals surface area contributed by atoms with Gasteiger partial charge in [0.2, 0.25) is 0 Å². The zero-order valence-electron chi connectivity index (χ0n) is 10.7.